The van der Waals surface area contributed by atoms with Crippen LogP contribution in [-0.2, 0) is 0 Å². The number of rotatable bonds is 10. The standard InChI is InChI=1S/C25H26N6O2/c1-2-3-4-18-33-22-12-6-19(7-13-22)25(32)28-21-10-8-20(9-11-21)27-23-14-15-24(30-29-23)31-17-5-16-26-31/h5-17H,2-4,18H2,1H3,(H,27,29)(H,28,32). The van der Waals surface area contributed by atoms with Crippen molar-refractivity contribution in [2.24, 2.45) is 0 Å². The molecule has 4 aromatic rings. The molecule has 4 rings (SSSR count). The average Bonchev–Trinajstić information content (AvgIpc) is 3.39. The molecule has 0 aliphatic rings. The van der Waals surface area contributed by atoms with E-state index in [0.717, 1.165) is 30.7 Å². The molecule has 0 atom stereocenters. The molecule has 2 aromatic heterocycles. The Kier molecular flexibility index (Phi) is 7.27. The first-order valence-electron chi connectivity index (χ1n) is 11.0. The quantitative estimate of drug-likeness (QED) is 0.327. The first-order valence-corrected chi connectivity index (χ1v) is 11.0. The van der Waals surface area contributed by atoms with Crippen LogP contribution in [0.4, 0.5) is 17.2 Å². The van der Waals surface area contributed by atoms with Crippen molar-refractivity contribution < 1.29 is 9.53 Å². The van der Waals surface area contributed by atoms with Gasteiger partial charge in [-0.15, -0.1) is 10.2 Å². The lowest BCUT2D eigenvalue weighted by molar-refractivity contribution is 0.102. The number of carbonyl (C=O) groups is 1. The topological polar surface area (TPSA) is 94.0 Å². The Morgan fingerprint density at radius 1 is 0.939 bits per heavy atom. The van der Waals surface area contributed by atoms with Gasteiger partial charge in [-0.05, 0) is 73.2 Å². The van der Waals surface area contributed by atoms with Gasteiger partial charge in [0.25, 0.3) is 5.91 Å². The minimum absolute atomic E-state index is 0.173. The van der Waals surface area contributed by atoms with E-state index in [4.69, 9.17) is 4.74 Å². The van der Waals surface area contributed by atoms with Gasteiger partial charge in [0.05, 0.1) is 6.61 Å². The van der Waals surface area contributed by atoms with Gasteiger partial charge in [-0.2, -0.15) is 5.10 Å². The number of hydrogen-bond donors (Lipinski definition) is 2. The van der Waals surface area contributed by atoms with Crippen molar-refractivity contribution in [2.75, 3.05) is 17.2 Å². The minimum atomic E-state index is -0.173. The molecule has 0 unspecified atom stereocenters. The number of nitrogens with zero attached hydrogens (tertiary/aromatic N) is 4. The number of nitrogens with one attached hydrogen (secondary N) is 2. The molecule has 0 bridgehead atoms. The zero-order valence-electron chi connectivity index (χ0n) is 18.4. The lowest BCUT2D eigenvalue weighted by Crippen LogP contribution is -2.11. The third-order valence-corrected chi connectivity index (χ3v) is 4.94. The fraction of sp³-hybridized carbons (Fsp3) is 0.200. The first-order chi connectivity index (χ1) is 16.2. The van der Waals surface area contributed by atoms with E-state index in [1.54, 1.807) is 29.2 Å². The summed E-state index contributed by atoms with van der Waals surface area (Å²) >= 11 is 0. The summed E-state index contributed by atoms with van der Waals surface area (Å²) in [6, 6.07) is 20.1. The number of amides is 1. The summed E-state index contributed by atoms with van der Waals surface area (Å²) in [5.41, 5.74) is 2.11. The number of hydrogen-bond acceptors (Lipinski definition) is 6. The van der Waals surface area contributed by atoms with Crippen molar-refractivity contribution >= 4 is 23.1 Å². The molecule has 1 amide bonds. The van der Waals surface area contributed by atoms with Crippen molar-refractivity contribution in [1.29, 1.82) is 0 Å². The molecule has 168 valence electrons. The minimum Gasteiger partial charge on any atom is -0.494 e. The van der Waals surface area contributed by atoms with E-state index in [9.17, 15) is 4.79 Å². The summed E-state index contributed by atoms with van der Waals surface area (Å²) in [7, 11) is 0. The monoisotopic (exact) mass is 442 g/mol. The van der Waals surface area contributed by atoms with Crippen molar-refractivity contribution in [3.8, 4) is 11.6 Å². The van der Waals surface area contributed by atoms with Crippen LogP contribution in [0.25, 0.3) is 5.82 Å². The molecule has 2 N–H and O–H groups in total. The molecular weight excluding hydrogens is 416 g/mol. The van der Waals surface area contributed by atoms with Crippen LogP contribution < -0.4 is 15.4 Å². The maximum Gasteiger partial charge on any atom is 0.255 e. The highest BCUT2D eigenvalue weighted by atomic mass is 16.5. The molecule has 0 aliphatic heterocycles. The molecule has 2 heterocycles. The van der Waals surface area contributed by atoms with Gasteiger partial charge in [0.15, 0.2) is 11.6 Å². The maximum absolute atomic E-state index is 12.5. The zero-order chi connectivity index (χ0) is 22.9. The Morgan fingerprint density at radius 2 is 1.73 bits per heavy atom. The van der Waals surface area contributed by atoms with Crippen LogP contribution in [0.2, 0.25) is 0 Å². The van der Waals surface area contributed by atoms with Crippen LogP contribution in [0.15, 0.2) is 79.1 Å². The molecule has 8 nitrogen and oxygen atoms in total. The maximum atomic E-state index is 12.5. The molecule has 0 aliphatic carbocycles. The van der Waals surface area contributed by atoms with Gasteiger partial charge in [-0.3, -0.25) is 4.79 Å². The second kappa shape index (κ2) is 10.9. The average molecular weight is 443 g/mol. The van der Waals surface area contributed by atoms with E-state index in [-0.39, 0.29) is 5.91 Å². The Morgan fingerprint density at radius 3 is 2.39 bits per heavy atom. The van der Waals surface area contributed by atoms with E-state index in [1.165, 1.54) is 0 Å². The predicted molar refractivity (Wildman–Crippen MR) is 128 cm³/mol. The van der Waals surface area contributed by atoms with Crippen LogP contribution in [-0.4, -0.2) is 32.5 Å². The molecule has 0 fully saturated rings. The molecule has 33 heavy (non-hydrogen) atoms. The van der Waals surface area contributed by atoms with E-state index in [0.29, 0.717) is 29.5 Å². The van der Waals surface area contributed by atoms with E-state index in [2.05, 4.69) is 32.9 Å². The van der Waals surface area contributed by atoms with Gasteiger partial charge in [0.1, 0.15) is 5.75 Å². The summed E-state index contributed by atoms with van der Waals surface area (Å²) in [5.74, 6) is 1.85. The molecular formula is C25H26N6O2. The van der Waals surface area contributed by atoms with Crippen LogP contribution >= 0.6 is 0 Å². The number of aromatic nitrogens is 4. The second-order valence-corrected chi connectivity index (χ2v) is 7.46. The highest BCUT2D eigenvalue weighted by Crippen LogP contribution is 2.19. The molecule has 0 radical (unpaired) electrons. The van der Waals surface area contributed by atoms with E-state index < -0.39 is 0 Å². The van der Waals surface area contributed by atoms with Crippen molar-refractivity contribution in [3.63, 3.8) is 0 Å². The summed E-state index contributed by atoms with van der Waals surface area (Å²) in [4.78, 5) is 12.5. The molecule has 0 spiro atoms. The summed E-state index contributed by atoms with van der Waals surface area (Å²) in [5, 5.41) is 18.6. The van der Waals surface area contributed by atoms with Crippen LogP contribution in [0.5, 0.6) is 5.75 Å². The van der Waals surface area contributed by atoms with Crippen LogP contribution in [0.3, 0.4) is 0 Å². The Bertz CT molecular complexity index is 1140. The van der Waals surface area contributed by atoms with Gasteiger partial charge in [-0.25, -0.2) is 4.68 Å². The Hall–Kier alpha value is -4.20. The Labute approximate surface area is 192 Å². The summed E-state index contributed by atoms with van der Waals surface area (Å²) in [6.45, 7) is 2.86. The lowest BCUT2D eigenvalue weighted by atomic mass is 10.2. The van der Waals surface area contributed by atoms with Gasteiger partial charge in [0, 0.05) is 29.3 Å². The predicted octanol–water partition coefficient (Wildman–Crippen LogP) is 5.23. The van der Waals surface area contributed by atoms with E-state index in [1.807, 2.05) is 54.6 Å². The third kappa shape index (κ3) is 6.16. The van der Waals surface area contributed by atoms with E-state index >= 15 is 0 Å². The number of anilines is 3. The van der Waals surface area contributed by atoms with Gasteiger partial charge < -0.3 is 15.4 Å². The van der Waals surface area contributed by atoms with Crippen molar-refractivity contribution in [3.05, 3.63) is 84.7 Å². The highest BCUT2D eigenvalue weighted by molar-refractivity contribution is 6.04. The smallest absolute Gasteiger partial charge is 0.255 e. The van der Waals surface area contributed by atoms with Crippen LogP contribution in [0, 0.1) is 0 Å². The van der Waals surface area contributed by atoms with Gasteiger partial charge in [0.2, 0.25) is 0 Å². The third-order valence-electron chi connectivity index (χ3n) is 4.94. The van der Waals surface area contributed by atoms with Gasteiger partial charge >= 0.3 is 0 Å². The first kappa shape index (κ1) is 22.0. The number of unbranched alkanes of at least 4 members (excludes halogenated alkanes) is 2. The van der Waals surface area contributed by atoms with Crippen molar-refractivity contribution in [1.82, 2.24) is 20.0 Å². The normalized spacial score (nSPS) is 10.6. The largest absolute Gasteiger partial charge is 0.494 e. The molecule has 2 aromatic carbocycles. The second-order valence-electron chi connectivity index (χ2n) is 7.46. The number of carbonyl (C=O) groups excluding carboxylic acids is 1. The fourth-order valence-electron chi connectivity index (χ4n) is 3.15. The Balaban J connectivity index is 1.29. The van der Waals surface area contributed by atoms with Gasteiger partial charge in [-0.1, -0.05) is 19.8 Å². The highest BCUT2D eigenvalue weighted by Gasteiger charge is 2.07. The lowest BCUT2D eigenvalue weighted by Gasteiger charge is -2.09. The number of benzene rings is 2. The molecule has 0 saturated carbocycles. The number of ether oxygens (including phenoxy) is 1. The summed E-state index contributed by atoms with van der Waals surface area (Å²) in [6.07, 6.45) is 6.84. The fourth-order valence-corrected chi connectivity index (χ4v) is 3.15. The SMILES string of the molecule is CCCCCOc1ccc(C(=O)Nc2ccc(Nc3ccc(-n4cccn4)nn3)cc2)cc1. The molecule has 8 heteroatoms. The van der Waals surface area contributed by atoms with Crippen LogP contribution in [0.1, 0.15) is 36.5 Å². The summed E-state index contributed by atoms with van der Waals surface area (Å²) < 4.78 is 7.34. The zero-order valence-corrected chi connectivity index (χ0v) is 18.4. The van der Waals surface area contributed by atoms with Crippen molar-refractivity contribution in [2.45, 2.75) is 26.2 Å². The molecule has 0 saturated heterocycles.